The molecule has 0 saturated carbocycles. The highest BCUT2D eigenvalue weighted by Gasteiger charge is 2.16. The Balaban J connectivity index is 1.50. The van der Waals surface area contributed by atoms with Crippen molar-refractivity contribution in [2.24, 2.45) is 0 Å². The van der Waals surface area contributed by atoms with E-state index in [4.69, 9.17) is 9.15 Å². The normalized spacial score (nSPS) is 11.2. The second-order valence-electron chi connectivity index (χ2n) is 8.06. The fraction of sp³-hybridized carbons (Fsp3) is 0.292. The van der Waals surface area contributed by atoms with E-state index in [1.165, 1.54) is 0 Å². The molecule has 0 fully saturated rings. The zero-order valence-corrected chi connectivity index (χ0v) is 17.7. The van der Waals surface area contributed by atoms with Crippen LogP contribution in [0.25, 0.3) is 11.5 Å². The molecule has 0 spiro atoms. The number of ether oxygens (including phenoxy) is 1. The van der Waals surface area contributed by atoms with Crippen LogP contribution < -0.4 is 5.32 Å². The zero-order chi connectivity index (χ0) is 21.7. The number of carbonyl (C=O) groups is 2. The molecule has 6 heteroatoms. The van der Waals surface area contributed by atoms with Gasteiger partial charge in [0.2, 0.25) is 5.89 Å². The molecule has 0 aliphatic rings. The molecule has 1 N–H and O–H groups in total. The molecule has 1 amide bonds. The molecule has 30 heavy (non-hydrogen) atoms. The second kappa shape index (κ2) is 8.95. The lowest BCUT2D eigenvalue weighted by Gasteiger charge is -2.19. The van der Waals surface area contributed by atoms with Crippen LogP contribution in [0.2, 0.25) is 0 Å². The third-order valence-corrected chi connectivity index (χ3v) is 4.69. The van der Waals surface area contributed by atoms with Crippen LogP contribution in [0.5, 0.6) is 0 Å². The van der Waals surface area contributed by atoms with E-state index < -0.39 is 5.97 Å². The molecule has 0 radical (unpaired) electrons. The summed E-state index contributed by atoms with van der Waals surface area (Å²) in [5.41, 5.74) is 3.04. The standard InChI is InChI=1S/C24H26N2O4/c1-16-20(26-23(30-16)18-8-6-5-7-9-18)15-29-21(27)14-25-22(28)17-10-12-19(13-11-17)24(2,3)4/h5-13H,14-15H2,1-4H3,(H,25,28). The predicted molar refractivity (Wildman–Crippen MR) is 114 cm³/mol. The van der Waals surface area contributed by atoms with Gasteiger partial charge in [-0.1, -0.05) is 51.1 Å². The molecule has 1 aromatic heterocycles. The SMILES string of the molecule is Cc1oc(-c2ccccc2)nc1COC(=O)CNC(=O)c1ccc(C(C)(C)C)cc1. The number of hydrogen-bond acceptors (Lipinski definition) is 5. The van der Waals surface area contributed by atoms with Crippen LogP contribution in [-0.2, 0) is 21.6 Å². The van der Waals surface area contributed by atoms with E-state index in [2.05, 4.69) is 31.1 Å². The Morgan fingerprint density at radius 3 is 2.33 bits per heavy atom. The fourth-order valence-electron chi connectivity index (χ4n) is 2.84. The summed E-state index contributed by atoms with van der Waals surface area (Å²) in [4.78, 5) is 28.7. The van der Waals surface area contributed by atoms with Gasteiger partial charge in [0.1, 0.15) is 24.6 Å². The van der Waals surface area contributed by atoms with Gasteiger partial charge in [-0.2, -0.15) is 0 Å². The van der Waals surface area contributed by atoms with E-state index in [0.29, 0.717) is 22.9 Å². The average Bonchev–Trinajstić information content (AvgIpc) is 3.11. The molecule has 0 saturated heterocycles. The first-order valence-electron chi connectivity index (χ1n) is 9.80. The van der Waals surface area contributed by atoms with E-state index in [1.54, 1.807) is 19.1 Å². The predicted octanol–water partition coefficient (Wildman–Crippen LogP) is 4.42. The Morgan fingerprint density at radius 1 is 1.03 bits per heavy atom. The first-order chi connectivity index (χ1) is 14.2. The van der Waals surface area contributed by atoms with Gasteiger partial charge in [0.25, 0.3) is 5.91 Å². The number of rotatable bonds is 6. The van der Waals surface area contributed by atoms with Crippen molar-refractivity contribution in [3.8, 4) is 11.5 Å². The molecular weight excluding hydrogens is 380 g/mol. The summed E-state index contributed by atoms with van der Waals surface area (Å²) < 4.78 is 10.9. The molecule has 6 nitrogen and oxygen atoms in total. The molecule has 1 heterocycles. The van der Waals surface area contributed by atoms with Crippen molar-refractivity contribution in [3.63, 3.8) is 0 Å². The summed E-state index contributed by atoms with van der Waals surface area (Å²) in [5.74, 6) is 0.200. The largest absolute Gasteiger partial charge is 0.458 e. The molecule has 0 unspecified atom stereocenters. The first kappa shape index (κ1) is 21.3. The highest BCUT2D eigenvalue weighted by Crippen LogP contribution is 2.23. The van der Waals surface area contributed by atoms with E-state index in [-0.39, 0.29) is 24.5 Å². The third-order valence-electron chi connectivity index (χ3n) is 4.69. The van der Waals surface area contributed by atoms with Crippen LogP contribution in [0.15, 0.2) is 59.0 Å². The fourth-order valence-corrected chi connectivity index (χ4v) is 2.84. The minimum atomic E-state index is -0.543. The second-order valence-corrected chi connectivity index (χ2v) is 8.06. The highest BCUT2D eigenvalue weighted by molar-refractivity contribution is 5.95. The lowest BCUT2D eigenvalue weighted by Crippen LogP contribution is -2.30. The summed E-state index contributed by atoms with van der Waals surface area (Å²) in [7, 11) is 0. The number of esters is 1. The molecule has 3 aromatic rings. The van der Waals surface area contributed by atoms with E-state index >= 15 is 0 Å². The van der Waals surface area contributed by atoms with Gasteiger partial charge in [-0.3, -0.25) is 9.59 Å². The van der Waals surface area contributed by atoms with Gasteiger partial charge in [0.05, 0.1) is 0 Å². The van der Waals surface area contributed by atoms with Crippen LogP contribution in [-0.4, -0.2) is 23.4 Å². The topological polar surface area (TPSA) is 81.4 Å². The summed E-state index contributed by atoms with van der Waals surface area (Å²) >= 11 is 0. The highest BCUT2D eigenvalue weighted by atomic mass is 16.5. The quantitative estimate of drug-likeness (QED) is 0.613. The van der Waals surface area contributed by atoms with Crippen LogP contribution in [0, 0.1) is 6.92 Å². The average molecular weight is 406 g/mol. The molecule has 0 bridgehead atoms. The van der Waals surface area contributed by atoms with Crippen LogP contribution in [0.1, 0.15) is 48.1 Å². The summed E-state index contributed by atoms with van der Waals surface area (Å²) in [5, 5.41) is 2.58. The Bertz CT molecular complexity index is 1020. The number of nitrogens with one attached hydrogen (secondary N) is 1. The summed E-state index contributed by atoms with van der Waals surface area (Å²) in [6.07, 6.45) is 0. The van der Waals surface area contributed by atoms with Gasteiger partial charge < -0.3 is 14.5 Å². The molecule has 0 aliphatic heterocycles. The number of aryl methyl sites for hydroxylation is 1. The molecule has 0 atom stereocenters. The Morgan fingerprint density at radius 2 is 1.70 bits per heavy atom. The van der Waals surface area contributed by atoms with Gasteiger partial charge in [-0.25, -0.2) is 4.98 Å². The van der Waals surface area contributed by atoms with E-state index in [0.717, 1.165) is 11.1 Å². The van der Waals surface area contributed by atoms with Crippen molar-refractivity contribution >= 4 is 11.9 Å². The van der Waals surface area contributed by atoms with Gasteiger partial charge in [-0.15, -0.1) is 0 Å². The monoisotopic (exact) mass is 406 g/mol. The molecule has 0 aliphatic carbocycles. The number of benzene rings is 2. The van der Waals surface area contributed by atoms with Gasteiger partial charge in [-0.05, 0) is 42.2 Å². The van der Waals surface area contributed by atoms with Crippen molar-refractivity contribution in [2.45, 2.75) is 39.7 Å². The number of nitrogens with zero attached hydrogens (tertiary/aromatic N) is 1. The molecule has 3 rings (SSSR count). The van der Waals surface area contributed by atoms with Crippen LogP contribution in [0.4, 0.5) is 0 Å². The first-order valence-corrected chi connectivity index (χ1v) is 9.80. The van der Waals surface area contributed by atoms with Crippen LogP contribution in [0.3, 0.4) is 0 Å². The number of oxazole rings is 1. The minimum Gasteiger partial charge on any atom is -0.458 e. The van der Waals surface area contributed by atoms with Crippen molar-refractivity contribution in [1.29, 1.82) is 0 Å². The maximum Gasteiger partial charge on any atom is 0.325 e. The van der Waals surface area contributed by atoms with Gasteiger partial charge >= 0.3 is 5.97 Å². The Hall–Kier alpha value is -3.41. The number of hydrogen-bond donors (Lipinski definition) is 1. The van der Waals surface area contributed by atoms with E-state index in [9.17, 15) is 9.59 Å². The lowest BCUT2D eigenvalue weighted by molar-refractivity contribution is -0.143. The van der Waals surface area contributed by atoms with Crippen molar-refractivity contribution in [3.05, 3.63) is 77.2 Å². The van der Waals surface area contributed by atoms with Crippen molar-refractivity contribution in [1.82, 2.24) is 10.3 Å². The number of amides is 1. The maximum atomic E-state index is 12.3. The summed E-state index contributed by atoms with van der Waals surface area (Å²) in [6, 6.07) is 16.8. The number of carbonyl (C=O) groups excluding carboxylic acids is 2. The minimum absolute atomic E-state index is 0.0123. The van der Waals surface area contributed by atoms with Gasteiger partial charge in [0.15, 0.2) is 0 Å². The summed E-state index contributed by atoms with van der Waals surface area (Å²) in [6.45, 7) is 7.86. The van der Waals surface area contributed by atoms with E-state index in [1.807, 2.05) is 42.5 Å². The molecule has 156 valence electrons. The van der Waals surface area contributed by atoms with Crippen LogP contribution >= 0.6 is 0 Å². The lowest BCUT2D eigenvalue weighted by atomic mass is 9.87. The third kappa shape index (κ3) is 5.35. The van der Waals surface area contributed by atoms with Gasteiger partial charge in [0, 0.05) is 11.1 Å². The Labute approximate surface area is 176 Å². The number of aromatic nitrogens is 1. The van der Waals surface area contributed by atoms with Crippen molar-refractivity contribution in [2.75, 3.05) is 6.54 Å². The van der Waals surface area contributed by atoms with Crippen molar-refractivity contribution < 1.29 is 18.7 Å². The Kier molecular flexibility index (Phi) is 6.35. The zero-order valence-electron chi connectivity index (χ0n) is 17.7. The smallest absolute Gasteiger partial charge is 0.325 e. The maximum absolute atomic E-state index is 12.3. The molecule has 2 aromatic carbocycles. The molecular formula is C24H26N2O4.